The smallest absolute Gasteiger partial charge is 0.213 e. The van der Waals surface area contributed by atoms with Crippen LogP contribution in [0.25, 0.3) is 10.8 Å². The summed E-state index contributed by atoms with van der Waals surface area (Å²) in [7, 11) is -3.49. The molecule has 2 atom stereocenters. The number of nitrogens with two attached hydrogens (primary N) is 1. The van der Waals surface area contributed by atoms with Gasteiger partial charge in [0.2, 0.25) is 10.0 Å². The topological polar surface area (TPSA) is 83.6 Å². The molecule has 1 saturated heterocycles. The second-order valence-electron chi connectivity index (χ2n) is 5.88. The third-order valence-corrected chi connectivity index (χ3v) is 5.60. The molecule has 2 aromatic carbocycles. The predicted molar refractivity (Wildman–Crippen MR) is 102 cm³/mol. The number of β-amino-alcohol motifs (C(OH)–C–C–N with tert-alkyl or cyclic N) is 1. The number of fused-ring (bicyclic) bond motifs is 1. The van der Waals surface area contributed by atoms with E-state index in [1.807, 2.05) is 47.4 Å². The first-order valence-electron chi connectivity index (χ1n) is 7.34. The van der Waals surface area contributed by atoms with Crippen LogP contribution < -0.4 is 5.14 Å². The van der Waals surface area contributed by atoms with Crippen LogP contribution in [0.5, 0.6) is 0 Å². The Morgan fingerprint density at radius 3 is 2.57 bits per heavy atom. The molecule has 7 heteroatoms. The van der Waals surface area contributed by atoms with E-state index in [0.29, 0.717) is 26.1 Å². The van der Waals surface area contributed by atoms with E-state index in [9.17, 15) is 13.5 Å². The van der Waals surface area contributed by atoms with Crippen LogP contribution in [-0.4, -0.2) is 43.3 Å². The molecule has 2 aromatic rings. The molecule has 1 aliphatic heterocycles. The van der Waals surface area contributed by atoms with Gasteiger partial charge in [-0.05, 0) is 35.4 Å². The molecule has 5 nitrogen and oxygen atoms in total. The van der Waals surface area contributed by atoms with Gasteiger partial charge in [0.25, 0.3) is 0 Å². The van der Waals surface area contributed by atoms with Gasteiger partial charge < -0.3 is 5.11 Å². The van der Waals surface area contributed by atoms with Crippen molar-refractivity contribution >= 4 is 44.8 Å². The Morgan fingerprint density at radius 2 is 1.91 bits per heavy atom. The number of aliphatic hydroxyl groups excluding tert-OH is 1. The van der Waals surface area contributed by atoms with E-state index in [4.69, 9.17) is 5.14 Å². The first-order chi connectivity index (χ1) is 10.4. The number of hydrogen-bond acceptors (Lipinski definition) is 4. The maximum absolute atomic E-state index is 11.4. The van der Waals surface area contributed by atoms with Gasteiger partial charge in [-0.1, -0.05) is 36.4 Å². The second kappa shape index (κ2) is 7.43. The number of rotatable bonds is 4. The van der Waals surface area contributed by atoms with Crippen LogP contribution in [0, 0.1) is 0 Å². The van der Waals surface area contributed by atoms with Crippen molar-refractivity contribution in [1.82, 2.24) is 4.90 Å². The Labute approximate surface area is 153 Å². The fraction of sp³-hybridized carbons (Fsp3) is 0.375. The summed E-state index contributed by atoms with van der Waals surface area (Å²) in [5.74, 6) is 0. The summed E-state index contributed by atoms with van der Waals surface area (Å²) in [6.07, 6.45) is -0.104. The molecular weight excluding hydrogens is 427 g/mol. The molecular formula is C16H21IN2O3S. The number of hydrogen-bond donors (Lipinski definition) is 2. The number of benzene rings is 2. The summed E-state index contributed by atoms with van der Waals surface area (Å²) >= 11 is 0. The highest BCUT2D eigenvalue weighted by atomic mass is 127. The van der Waals surface area contributed by atoms with E-state index >= 15 is 0 Å². The molecule has 0 saturated carbocycles. The monoisotopic (exact) mass is 448 g/mol. The van der Waals surface area contributed by atoms with Crippen LogP contribution >= 0.6 is 24.0 Å². The van der Waals surface area contributed by atoms with Gasteiger partial charge in [0.15, 0.2) is 0 Å². The van der Waals surface area contributed by atoms with Crippen molar-refractivity contribution in [2.45, 2.75) is 17.8 Å². The third kappa shape index (κ3) is 4.42. The highest BCUT2D eigenvalue weighted by Gasteiger charge is 2.31. The third-order valence-electron chi connectivity index (χ3n) is 4.28. The summed E-state index contributed by atoms with van der Waals surface area (Å²) < 4.78 is 22.7. The van der Waals surface area contributed by atoms with Gasteiger partial charge in [-0.25, -0.2) is 13.6 Å². The van der Waals surface area contributed by atoms with Crippen molar-refractivity contribution in [2.24, 2.45) is 5.14 Å². The standard InChI is InChI=1S/C16H20N2O3S.HI/c17-22(20,21)15-7-8-18(10-15)11-16(19)14-6-5-12-3-1-2-4-13(12)9-14;/h1-6,9,15-16,19H,7-8,10-11H2,(H2,17,20,21);1H. The molecule has 0 spiro atoms. The first-order valence-corrected chi connectivity index (χ1v) is 8.95. The van der Waals surface area contributed by atoms with Crippen LogP contribution in [0.3, 0.4) is 0 Å². The van der Waals surface area contributed by atoms with Gasteiger partial charge in [0.1, 0.15) is 0 Å². The van der Waals surface area contributed by atoms with Gasteiger partial charge in [0.05, 0.1) is 11.4 Å². The maximum atomic E-state index is 11.4. The molecule has 0 radical (unpaired) electrons. The molecule has 3 N–H and O–H groups in total. The van der Waals surface area contributed by atoms with E-state index in [2.05, 4.69) is 0 Å². The Balaban J connectivity index is 0.00000192. The van der Waals surface area contributed by atoms with Crippen LogP contribution in [0.15, 0.2) is 42.5 Å². The average molecular weight is 448 g/mol. The predicted octanol–water partition coefficient (Wildman–Crippen LogP) is 1.85. The first kappa shape index (κ1) is 18.6. The summed E-state index contributed by atoms with van der Waals surface area (Å²) in [6, 6.07) is 13.9. The zero-order chi connectivity index (χ0) is 15.7. The van der Waals surface area contributed by atoms with E-state index < -0.39 is 21.4 Å². The molecule has 23 heavy (non-hydrogen) atoms. The molecule has 126 valence electrons. The van der Waals surface area contributed by atoms with E-state index in [1.54, 1.807) is 0 Å². The number of sulfonamides is 1. The fourth-order valence-corrected chi connectivity index (χ4v) is 3.85. The Bertz CT molecular complexity index is 782. The molecule has 3 rings (SSSR count). The number of nitrogens with zero attached hydrogens (tertiary/aromatic N) is 1. The lowest BCUT2D eigenvalue weighted by molar-refractivity contribution is 0.126. The lowest BCUT2D eigenvalue weighted by Crippen LogP contribution is -2.33. The van der Waals surface area contributed by atoms with Gasteiger partial charge in [-0.3, -0.25) is 4.90 Å². The van der Waals surface area contributed by atoms with Crippen molar-refractivity contribution in [2.75, 3.05) is 19.6 Å². The largest absolute Gasteiger partial charge is 0.387 e. The van der Waals surface area contributed by atoms with Crippen LogP contribution in [0.4, 0.5) is 0 Å². The lowest BCUT2D eigenvalue weighted by Gasteiger charge is -2.20. The zero-order valence-electron chi connectivity index (χ0n) is 12.6. The molecule has 0 amide bonds. The molecule has 1 aliphatic rings. The summed E-state index contributed by atoms with van der Waals surface area (Å²) in [5, 5.41) is 17.3. The zero-order valence-corrected chi connectivity index (χ0v) is 15.8. The number of aliphatic hydroxyl groups is 1. The van der Waals surface area contributed by atoms with E-state index in [1.165, 1.54) is 0 Å². The highest BCUT2D eigenvalue weighted by Crippen LogP contribution is 2.23. The normalized spacial score (nSPS) is 20.3. The lowest BCUT2D eigenvalue weighted by atomic mass is 10.0. The minimum absolute atomic E-state index is 0. The number of likely N-dealkylation sites (tertiary alicyclic amines) is 1. The average Bonchev–Trinajstić information content (AvgIpc) is 2.95. The quantitative estimate of drug-likeness (QED) is 0.700. The van der Waals surface area contributed by atoms with Crippen molar-refractivity contribution in [3.05, 3.63) is 48.0 Å². The molecule has 1 heterocycles. The molecule has 0 bridgehead atoms. The van der Waals surface area contributed by atoms with Crippen LogP contribution in [0.2, 0.25) is 0 Å². The number of halogens is 1. The second-order valence-corrected chi connectivity index (χ2v) is 7.73. The summed E-state index contributed by atoms with van der Waals surface area (Å²) in [5.41, 5.74) is 0.845. The van der Waals surface area contributed by atoms with Crippen molar-refractivity contribution in [3.8, 4) is 0 Å². The van der Waals surface area contributed by atoms with Crippen molar-refractivity contribution in [3.63, 3.8) is 0 Å². The Kier molecular flexibility index (Phi) is 6.01. The van der Waals surface area contributed by atoms with Gasteiger partial charge >= 0.3 is 0 Å². The minimum atomic E-state index is -3.49. The maximum Gasteiger partial charge on any atom is 0.213 e. The Hall–Kier alpha value is -0.740. The summed E-state index contributed by atoms with van der Waals surface area (Å²) in [6.45, 7) is 1.46. The molecule has 0 aliphatic carbocycles. The molecule has 1 fully saturated rings. The minimum Gasteiger partial charge on any atom is -0.387 e. The molecule has 2 unspecified atom stereocenters. The highest BCUT2D eigenvalue weighted by molar-refractivity contribution is 14.0. The Morgan fingerprint density at radius 1 is 1.22 bits per heavy atom. The molecule has 0 aromatic heterocycles. The van der Waals surface area contributed by atoms with E-state index in [0.717, 1.165) is 16.3 Å². The van der Waals surface area contributed by atoms with Crippen molar-refractivity contribution < 1.29 is 13.5 Å². The fourth-order valence-electron chi connectivity index (χ4n) is 3.00. The van der Waals surface area contributed by atoms with Gasteiger partial charge in [-0.2, -0.15) is 0 Å². The van der Waals surface area contributed by atoms with Gasteiger partial charge in [-0.15, -0.1) is 24.0 Å². The van der Waals surface area contributed by atoms with Crippen LogP contribution in [-0.2, 0) is 10.0 Å². The SMILES string of the molecule is I.NS(=O)(=O)C1CCN(CC(O)c2ccc3ccccc3c2)C1. The van der Waals surface area contributed by atoms with Crippen LogP contribution in [0.1, 0.15) is 18.1 Å². The van der Waals surface area contributed by atoms with E-state index in [-0.39, 0.29) is 24.0 Å². The van der Waals surface area contributed by atoms with Gasteiger partial charge in [0, 0.05) is 13.1 Å². The van der Waals surface area contributed by atoms with Crippen molar-refractivity contribution in [1.29, 1.82) is 0 Å². The number of primary sulfonamides is 1. The summed E-state index contributed by atoms with van der Waals surface area (Å²) in [4.78, 5) is 1.95.